The van der Waals surface area contributed by atoms with Gasteiger partial charge in [-0.25, -0.2) is 0 Å². The fraction of sp³-hybridized carbons (Fsp3) is 1.00. The minimum Gasteiger partial charge on any atom is -0.381 e. The van der Waals surface area contributed by atoms with Crippen LogP contribution in [0.3, 0.4) is 0 Å². The second kappa shape index (κ2) is 7.34. The Kier molecular flexibility index (Phi) is 5.75. The predicted octanol–water partition coefficient (Wildman–Crippen LogP) is 2.02. The molecule has 0 aromatic heterocycles. The Morgan fingerprint density at radius 2 is 2.00 bits per heavy atom. The SMILES string of the molecule is CN(CCCC1CCCCN1)C1CCOCC1. The van der Waals surface area contributed by atoms with E-state index in [0.29, 0.717) is 0 Å². The van der Waals surface area contributed by atoms with Crippen molar-refractivity contribution in [3.8, 4) is 0 Å². The third-order valence-electron chi connectivity index (χ3n) is 4.29. The maximum absolute atomic E-state index is 5.41. The maximum Gasteiger partial charge on any atom is 0.0480 e. The van der Waals surface area contributed by atoms with Gasteiger partial charge in [-0.15, -0.1) is 0 Å². The molecule has 17 heavy (non-hydrogen) atoms. The van der Waals surface area contributed by atoms with Crippen LogP contribution in [0.15, 0.2) is 0 Å². The molecule has 0 bridgehead atoms. The van der Waals surface area contributed by atoms with Crippen LogP contribution in [-0.4, -0.2) is 50.3 Å². The van der Waals surface area contributed by atoms with E-state index in [1.54, 1.807) is 0 Å². The molecular weight excluding hydrogens is 212 g/mol. The molecule has 0 radical (unpaired) electrons. The molecule has 1 atom stereocenters. The normalized spacial score (nSPS) is 27.5. The van der Waals surface area contributed by atoms with Gasteiger partial charge in [0.25, 0.3) is 0 Å². The van der Waals surface area contributed by atoms with Crippen LogP contribution in [0.1, 0.15) is 44.9 Å². The highest BCUT2D eigenvalue weighted by Crippen LogP contribution is 2.15. The number of ether oxygens (including phenoxy) is 1. The quantitative estimate of drug-likeness (QED) is 0.795. The minimum atomic E-state index is 0.767. The molecule has 0 aliphatic carbocycles. The average molecular weight is 240 g/mol. The van der Waals surface area contributed by atoms with Gasteiger partial charge in [-0.2, -0.15) is 0 Å². The Balaban J connectivity index is 1.57. The molecule has 2 aliphatic rings. The molecule has 1 unspecified atom stereocenters. The highest BCUT2D eigenvalue weighted by atomic mass is 16.5. The number of hydrogen-bond donors (Lipinski definition) is 1. The first-order valence-corrected chi connectivity index (χ1v) is 7.37. The summed E-state index contributed by atoms with van der Waals surface area (Å²) in [7, 11) is 2.28. The van der Waals surface area contributed by atoms with Crippen LogP contribution in [0.2, 0.25) is 0 Å². The molecule has 3 heteroatoms. The third kappa shape index (κ3) is 4.57. The zero-order valence-electron chi connectivity index (χ0n) is 11.3. The molecule has 100 valence electrons. The van der Waals surface area contributed by atoms with Crippen LogP contribution in [0.25, 0.3) is 0 Å². The highest BCUT2D eigenvalue weighted by molar-refractivity contribution is 4.75. The number of rotatable bonds is 5. The van der Waals surface area contributed by atoms with Crippen molar-refractivity contribution in [3.63, 3.8) is 0 Å². The molecule has 2 saturated heterocycles. The lowest BCUT2D eigenvalue weighted by atomic mass is 10.00. The highest BCUT2D eigenvalue weighted by Gasteiger charge is 2.18. The molecule has 1 N–H and O–H groups in total. The van der Waals surface area contributed by atoms with E-state index in [-0.39, 0.29) is 0 Å². The van der Waals surface area contributed by atoms with Crippen molar-refractivity contribution < 1.29 is 4.74 Å². The van der Waals surface area contributed by atoms with Gasteiger partial charge in [-0.05, 0) is 58.7 Å². The fourth-order valence-corrected chi connectivity index (χ4v) is 3.07. The van der Waals surface area contributed by atoms with Crippen LogP contribution in [0.5, 0.6) is 0 Å². The summed E-state index contributed by atoms with van der Waals surface area (Å²) in [6.45, 7) is 4.40. The van der Waals surface area contributed by atoms with Gasteiger partial charge in [0.1, 0.15) is 0 Å². The first kappa shape index (κ1) is 13.3. The standard InChI is InChI=1S/C14H28N2O/c1-16(14-7-11-17-12-8-14)10-4-6-13-5-2-3-9-15-13/h13-15H,2-12H2,1H3. The smallest absolute Gasteiger partial charge is 0.0480 e. The summed E-state index contributed by atoms with van der Waals surface area (Å²) >= 11 is 0. The summed E-state index contributed by atoms with van der Waals surface area (Å²) in [4.78, 5) is 2.55. The first-order chi connectivity index (χ1) is 8.36. The molecule has 0 aromatic rings. The summed E-state index contributed by atoms with van der Waals surface area (Å²) in [5.41, 5.74) is 0. The van der Waals surface area contributed by atoms with Gasteiger partial charge in [0.15, 0.2) is 0 Å². The van der Waals surface area contributed by atoms with Gasteiger partial charge in [0, 0.05) is 25.3 Å². The van der Waals surface area contributed by atoms with Crippen molar-refractivity contribution in [2.75, 3.05) is 33.4 Å². The fourth-order valence-electron chi connectivity index (χ4n) is 3.07. The Hall–Kier alpha value is -0.120. The second-order valence-corrected chi connectivity index (χ2v) is 5.61. The monoisotopic (exact) mass is 240 g/mol. The zero-order valence-corrected chi connectivity index (χ0v) is 11.3. The number of piperidine rings is 1. The third-order valence-corrected chi connectivity index (χ3v) is 4.29. The summed E-state index contributed by atoms with van der Waals surface area (Å²) < 4.78 is 5.41. The van der Waals surface area contributed by atoms with Gasteiger partial charge in [0.2, 0.25) is 0 Å². The minimum absolute atomic E-state index is 0.767. The lowest BCUT2D eigenvalue weighted by Crippen LogP contribution is -2.38. The number of nitrogens with zero attached hydrogens (tertiary/aromatic N) is 1. The lowest BCUT2D eigenvalue weighted by Gasteiger charge is -2.32. The van der Waals surface area contributed by atoms with E-state index in [1.807, 2.05) is 0 Å². The molecule has 2 heterocycles. The zero-order chi connectivity index (χ0) is 11.9. The van der Waals surface area contributed by atoms with E-state index >= 15 is 0 Å². The van der Waals surface area contributed by atoms with E-state index in [0.717, 1.165) is 25.3 Å². The van der Waals surface area contributed by atoms with Crippen LogP contribution in [0.4, 0.5) is 0 Å². The van der Waals surface area contributed by atoms with Gasteiger partial charge >= 0.3 is 0 Å². The van der Waals surface area contributed by atoms with Crippen LogP contribution >= 0.6 is 0 Å². The Morgan fingerprint density at radius 1 is 1.18 bits per heavy atom. The van der Waals surface area contributed by atoms with Crippen LogP contribution in [-0.2, 0) is 4.74 Å². The molecule has 3 nitrogen and oxygen atoms in total. The van der Waals surface area contributed by atoms with Crippen molar-refractivity contribution in [1.82, 2.24) is 10.2 Å². The Morgan fingerprint density at radius 3 is 2.71 bits per heavy atom. The van der Waals surface area contributed by atoms with Crippen molar-refractivity contribution in [3.05, 3.63) is 0 Å². The largest absolute Gasteiger partial charge is 0.381 e. The predicted molar refractivity (Wildman–Crippen MR) is 71.3 cm³/mol. The van der Waals surface area contributed by atoms with Gasteiger partial charge in [-0.1, -0.05) is 6.42 Å². The molecular formula is C14H28N2O. The summed E-state index contributed by atoms with van der Waals surface area (Å²) in [6, 6.07) is 1.56. The van der Waals surface area contributed by atoms with E-state index in [2.05, 4.69) is 17.3 Å². The van der Waals surface area contributed by atoms with E-state index in [4.69, 9.17) is 4.74 Å². The maximum atomic E-state index is 5.41. The summed E-state index contributed by atoms with van der Waals surface area (Å²) in [5, 5.41) is 3.63. The molecule has 2 rings (SSSR count). The summed E-state index contributed by atoms with van der Waals surface area (Å²) in [6.07, 6.45) is 9.32. The second-order valence-electron chi connectivity index (χ2n) is 5.61. The van der Waals surface area contributed by atoms with Crippen molar-refractivity contribution in [2.45, 2.75) is 57.0 Å². The molecule has 0 amide bonds. The topological polar surface area (TPSA) is 24.5 Å². The molecule has 2 fully saturated rings. The number of hydrogen-bond acceptors (Lipinski definition) is 3. The van der Waals surface area contributed by atoms with Crippen molar-refractivity contribution >= 4 is 0 Å². The number of nitrogens with one attached hydrogen (secondary N) is 1. The van der Waals surface area contributed by atoms with Crippen molar-refractivity contribution in [1.29, 1.82) is 0 Å². The molecule has 0 aromatic carbocycles. The van der Waals surface area contributed by atoms with Gasteiger partial charge < -0.3 is 15.0 Å². The molecule has 0 saturated carbocycles. The summed E-state index contributed by atoms with van der Waals surface area (Å²) in [5.74, 6) is 0. The molecule has 2 aliphatic heterocycles. The van der Waals surface area contributed by atoms with Crippen LogP contribution < -0.4 is 5.32 Å². The van der Waals surface area contributed by atoms with Gasteiger partial charge in [0.05, 0.1) is 0 Å². The first-order valence-electron chi connectivity index (χ1n) is 7.37. The van der Waals surface area contributed by atoms with E-state index in [9.17, 15) is 0 Å². The Labute approximate surface area is 106 Å². The Bertz CT molecular complexity index is 198. The van der Waals surface area contributed by atoms with Crippen molar-refractivity contribution in [2.24, 2.45) is 0 Å². The van der Waals surface area contributed by atoms with E-state index in [1.165, 1.54) is 58.0 Å². The average Bonchev–Trinajstić information content (AvgIpc) is 2.41. The lowest BCUT2D eigenvalue weighted by molar-refractivity contribution is 0.0423. The molecule has 0 spiro atoms. The van der Waals surface area contributed by atoms with Gasteiger partial charge in [-0.3, -0.25) is 0 Å². The van der Waals surface area contributed by atoms with E-state index < -0.39 is 0 Å². The van der Waals surface area contributed by atoms with Crippen LogP contribution in [0, 0.1) is 0 Å².